The van der Waals surface area contributed by atoms with Gasteiger partial charge in [0, 0.05) is 17.5 Å². The number of non-ortho nitro benzene ring substituents is 1. The summed E-state index contributed by atoms with van der Waals surface area (Å²) < 4.78 is 0. The van der Waals surface area contributed by atoms with Crippen molar-refractivity contribution in [3.05, 3.63) is 82.0 Å². The molecule has 0 atom stereocenters. The normalized spacial score (nSPS) is 11.3. The highest BCUT2D eigenvalue weighted by atomic mass is 16.6. The summed E-state index contributed by atoms with van der Waals surface area (Å²) in [6.07, 6.45) is 1.29. The standard InChI is InChI=1S/C19H12N2O5/c22-18(19(23)24)15(11-12-4-3-6-14(10-12)21(25)26)17-9-8-13-5-1-2-7-16(13)20-17/h1-11H,(H,23,24). The number of carbonyl (C=O) groups is 2. The quantitative estimate of drug-likeness (QED) is 0.328. The molecule has 7 heteroatoms. The fourth-order valence-electron chi connectivity index (χ4n) is 2.48. The number of carboxylic acids is 1. The second-order valence-corrected chi connectivity index (χ2v) is 5.43. The first-order valence-corrected chi connectivity index (χ1v) is 7.55. The minimum absolute atomic E-state index is 0.149. The predicted octanol–water partition coefficient (Wildman–Crippen LogP) is 3.34. The molecule has 0 amide bonds. The number of Topliss-reactive ketones (excluding diaryl/α,β-unsaturated/α-hetero) is 1. The molecule has 1 heterocycles. The maximum atomic E-state index is 12.2. The third-order valence-corrected chi connectivity index (χ3v) is 3.71. The Morgan fingerprint density at radius 3 is 2.54 bits per heavy atom. The first kappa shape index (κ1) is 17.0. The summed E-state index contributed by atoms with van der Waals surface area (Å²) in [5.41, 5.74) is 0.811. The third kappa shape index (κ3) is 3.46. The lowest BCUT2D eigenvalue weighted by Gasteiger charge is -2.06. The molecule has 1 aromatic heterocycles. The molecule has 0 radical (unpaired) electrons. The summed E-state index contributed by atoms with van der Waals surface area (Å²) in [6, 6.07) is 16.1. The van der Waals surface area contributed by atoms with E-state index in [-0.39, 0.29) is 17.0 Å². The van der Waals surface area contributed by atoms with Gasteiger partial charge >= 0.3 is 5.97 Å². The zero-order chi connectivity index (χ0) is 18.7. The minimum atomic E-state index is -1.63. The average Bonchev–Trinajstić information content (AvgIpc) is 2.65. The van der Waals surface area contributed by atoms with E-state index in [9.17, 15) is 19.7 Å². The van der Waals surface area contributed by atoms with Gasteiger partial charge in [0.25, 0.3) is 11.5 Å². The van der Waals surface area contributed by atoms with Crippen LogP contribution in [0.15, 0.2) is 60.7 Å². The van der Waals surface area contributed by atoms with Crippen molar-refractivity contribution < 1.29 is 19.6 Å². The van der Waals surface area contributed by atoms with E-state index in [0.29, 0.717) is 11.1 Å². The number of nitrogens with zero attached hydrogens (tertiary/aromatic N) is 2. The Bertz CT molecular complexity index is 1070. The molecule has 0 saturated carbocycles. The highest BCUT2D eigenvalue weighted by Crippen LogP contribution is 2.23. The zero-order valence-corrected chi connectivity index (χ0v) is 13.3. The van der Waals surface area contributed by atoms with Crippen molar-refractivity contribution in [2.24, 2.45) is 0 Å². The number of nitro groups is 1. The van der Waals surface area contributed by atoms with Crippen LogP contribution in [0.1, 0.15) is 11.3 Å². The summed E-state index contributed by atoms with van der Waals surface area (Å²) in [6.45, 7) is 0. The van der Waals surface area contributed by atoms with Gasteiger partial charge in [-0.3, -0.25) is 14.9 Å². The van der Waals surface area contributed by atoms with Crippen molar-refractivity contribution in [1.82, 2.24) is 4.98 Å². The molecular weight excluding hydrogens is 336 g/mol. The van der Waals surface area contributed by atoms with Gasteiger partial charge in [-0.1, -0.05) is 36.4 Å². The van der Waals surface area contributed by atoms with E-state index in [1.807, 2.05) is 12.1 Å². The largest absolute Gasteiger partial charge is 0.475 e. The molecule has 26 heavy (non-hydrogen) atoms. The van der Waals surface area contributed by atoms with E-state index in [4.69, 9.17) is 5.11 Å². The number of hydrogen-bond acceptors (Lipinski definition) is 5. The highest BCUT2D eigenvalue weighted by molar-refractivity contribution is 6.52. The van der Waals surface area contributed by atoms with Crippen LogP contribution in [0.25, 0.3) is 22.6 Å². The smallest absolute Gasteiger partial charge is 0.377 e. The molecule has 2 aromatic carbocycles. The molecule has 1 N–H and O–H groups in total. The van der Waals surface area contributed by atoms with Gasteiger partial charge in [0.05, 0.1) is 21.7 Å². The van der Waals surface area contributed by atoms with Crippen LogP contribution in [0.4, 0.5) is 5.69 Å². The molecule has 0 spiro atoms. The average molecular weight is 348 g/mol. The van der Waals surface area contributed by atoms with Gasteiger partial charge < -0.3 is 5.11 Å². The molecule has 0 saturated heterocycles. The van der Waals surface area contributed by atoms with Crippen LogP contribution in [0.2, 0.25) is 0 Å². The molecule has 0 unspecified atom stereocenters. The Morgan fingerprint density at radius 1 is 1.04 bits per heavy atom. The molecule has 0 aliphatic carbocycles. The van der Waals surface area contributed by atoms with Crippen LogP contribution < -0.4 is 0 Å². The summed E-state index contributed by atoms with van der Waals surface area (Å²) in [5.74, 6) is -2.77. The Hall–Kier alpha value is -3.87. The lowest BCUT2D eigenvalue weighted by molar-refractivity contribution is -0.384. The maximum Gasteiger partial charge on any atom is 0.377 e. The van der Waals surface area contributed by atoms with Crippen LogP contribution in [0.3, 0.4) is 0 Å². The maximum absolute atomic E-state index is 12.2. The number of aliphatic carboxylic acids is 1. The highest BCUT2D eigenvalue weighted by Gasteiger charge is 2.21. The number of para-hydroxylation sites is 1. The monoisotopic (exact) mass is 348 g/mol. The summed E-state index contributed by atoms with van der Waals surface area (Å²) in [5, 5.41) is 20.9. The van der Waals surface area contributed by atoms with E-state index >= 15 is 0 Å². The topological polar surface area (TPSA) is 110 Å². The predicted molar refractivity (Wildman–Crippen MR) is 95.4 cm³/mol. The zero-order valence-electron chi connectivity index (χ0n) is 13.3. The van der Waals surface area contributed by atoms with Crippen LogP contribution in [-0.4, -0.2) is 26.8 Å². The number of fused-ring (bicyclic) bond motifs is 1. The molecule has 3 aromatic rings. The Labute approximate surface area is 147 Å². The molecule has 0 fully saturated rings. The molecule has 0 bridgehead atoms. The number of carboxylic acid groups (broad SMARTS) is 1. The van der Waals surface area contributed by atoms with Crippen molar-refractivity contribution >= 4 is 40.0 Å². The van der Waals surface area contributed by atoms with Crippen LogP contribution in [0, 0.1) is 10.1 Å². The second-order valence-electron chi connectivity index (χ2n) is 5.43. The van der Waals surface area contributed by atoms with Gasteiger partial charge in [-0.05, 0) is 23.8 Å². The summed E-state index contributed by atoms with van der Waals surface area (Å²) in [4.78, 5) is 38.1. The molecule has 0 aliphatic heterocycles. The van der Waals surface area contributed by atoms with Crippen LogP contribution in [0.5, 0.6) is 0 Å². The Morgan fingerprint density at radius 2 is 1.81 bits per heavy atom. The number of benzene rings is 2. The van der Waals surface area contributed by atoms with Gasteiger partial charge in [-0.15, -0.1) is 0 Å². The van der Waals surface area contributed by atoms with E-state index in [1.165, 1.54) is 24.3 Å². The number of pyridine rings is 1. The minimum Gasteiger partial charge on any atom is -0.475 e. The first-order chi connectivity index (χ1) is 12.5. The van der Waals surface area contributed by atoms with Gasteiger partial charge in [-0.2, -0.15) is 0 Å². The lowest BCUT2D eigenvalue weighted by atomic mass is 10.0. The number of rotatable bonds is 5. The number of nitro benzene ring substituents is 1. The number of hydrogen-bond donors (Lipinski definition) is 1. The SMILES string of the molecule is O=C(O)C(=O)C(=Cc1cccc([N+](=O)[O-])c1)c1ccc2ccccc2n1. The van der Waals surface area contributed by atoms with Gasteiger partial charge in [-0.25, -0.2) is 9.78 Å². The van der Waals surface area contributed by atoms with Gasteiger partial charge in [0.1, 0.15) is 0 Å². The fraction of sp³-hybridized carbons (Fsp3) is 0. The molecule has 7 nitrogen and oxygen atoms in total. The molecule has 3 rings (SSSR count). The van der Waals surface area contributed by atoms with Crippen molar-refractivity contribution in [1.29, 1.82) is 0 Å². The van der Waals surface area contributed by atoms with Crippen molar-refractivity contribution in [3.8, 4) is 0 Å². The van der Waals surface area contributed by atoms with Crippen LogP contribution in [-0.2, 0) is 9.59 Å². The van der Waals surface area contributed by atoms with Gasteiger partial charge in [0.15, 0.2) is 0 Å². The molecular formula is C19H12N2O5. The second kappa shape index (κ2) is 6.94. The third-order valence-electron chi connectivity index (χ3n) is 3.71. The van der Waals surface area contributed by atoms with Crippen molar-refractivity contribution in [2.45, 2.75) is 0 Å². The Kier molecular flexibility index (Phi) is 4.53. The van der Waals surface area contributed by atoms with Crippen molar-refractivity contribution in [2.75, 3.05) is 0 Å². The van der Waals surface area contributed by atoms with E-state index < -0.39 is 16.7 Å². The lowest BCUT2D eigenvalue weighted by Crippen LogP contribution is -2.15. The molecule has 128 valence electrons. The van der Waals surface area contributed by atoms with Crippen molar-refractivity contribution in [3.63, 3.8) is 0 Å². The summed E-state index contributed by atoms with van der Waals surface area (Å²) in [7, 11) is 0. The number of ketones is 1. The van der Waals surface area contributed by atoms with Gasteiger partial charge in [0.2, 0.25) is 0 Å². The van der Waals surface area contributed by atoms with E-state index in [0.717, 1.165) is 5.39 Å². The van der Waals surface area contributed by atoms with Crippen LogP contribution >= 0.6 is 0 Å². The number of aromatic nitrogens is 1. The first-order valence-electron chi connectivity index (χ1n) is 7.55. The molecule has 0 aliphatic rings. The summed E-state index contributed by atoms with van der Waals surface area (Å²) >= 11 is 0. The van der Waals surface area contributed by atoms with E-state index in [1.54, 1.807) is 30.3 Å². The fourth-order valence-corrected chi connectivity index (χ4v) is 2.48. The Balaban J connectivity index is 2.15. The van der Waals surface area contributed by atoms with E-state index in [2.05, 4.69) is 4.98 Å². The number of carbonyl (C=O) groups excluding carboxylic acids is 1.